The normalized spacial score (nSPS) is 10.3. The Labute approximate surface area is 90.6 Å². The van der Waals surface area contributed by atoms with Gasteiger partial charge in [-0.3, -0.25) is 0 Å². The van der Waals surface area contributed by atoms with Gasteiger partial charge in [-0.1, -0.05) is 35.9 Å². The van der Waals surface area contributed by atoms with Gasteiger partial charge >= 0.3 is 0 Å². The van der Waals surface area contributed by atoms with E-state index < -0.39 is 0 Å². The van der Waals surface area contributed by atoms with Crippen LogP contribution >= 0.6 is 11.6 Å². The van der Waals surface area contributed by atoms with Crippen molar-refractivity contribution in [2.24, 2.45) is 0 Å². The molecule has 0 radical (unpaired) electrons. The van der Waals surface area contributed by atoms with Gasteiger partial charge in [0.25, 0.3) is 0 Å². The third-order valence-corrected chi connectivity index (χ3v) is 2.12. The number of hydrogen-bond acceptors (Lipinski definition) is 0. The maximum atomic E-state index is 5.77. The highest BCUT2D eigenvalue weighted by Gasteiger charge is 1.87. The van der Waals surface area contributed by atoms with Gasteiger partial charge in [-0.25, -0.2) is 0 Å². The van der Waals surface area contributed by atoms with Crippen molar-refractivity contribution in [1.82, 2.24) is 0 Å². The van der Waals surface area contributed by atoms with Crippen molar-refractivity contribution in [2.75, 3.05) is 0 Å². The highest BCUT2D eigenvalue weighted by Crippen LogP contribution is 2.11. The van der Waals surface area contributed by atoms with E-state index in [9.17, 15) is 0 Å². The molecule has 0 aliphatic carbocycles. The van der Waals surface area contributed by atoms with Crippen LogP contribution < -0.4 is 0 Å². The average Bonchev–Trinajstić information content (AvgIpc) is 2.21. The van der Waals surface area contributed by atoms with Crippen LogP contribution in [0.4, 0.5) is 0 Å². The van der Waals surface area contributed by atoms with Gasteiger partial charge in [0, 0.05) is 11.4 Å². The van der Waals surface area contributed by atoms with Crippen LogP contribution in [-0.2, 0) is 0 Å². The molecule has 0 saturated carbocycles. The molecule has 14 heavy (non-hydrogen) atoms. The summed E-state index contributed by atoms with van der Waals surface area (Å²) < 4.78 is 0. The number of unbranched alkanes of at least 4 members (excludes halogenated alkanes) is 2. The average molecular weight is 205 g/mol. The molecule has 1 heteroatoms. The quantitative estimate of drug-likeness (QED) is 0.511. The van der Waals surface area contributed by atoms with Gasteiger partial charge in [0.2, 0.25) is 0 Å². The Morgan fingerprint density at radius 1 is 1.29 bits per heavy atom. The van der Waals surface area contributed by atoms with Crippen LogP contribution in [0.15, 0.2) is 30.3 Å². The van der Waals surface area contributed by atoms with E-state index in [0.29, 0.717) is 0 Å². The Kier molecular flexibility index (Phi) is 4.89. The Bertz CT molecular complexity index is 327. The van der Waals surface area contributed by atoms with Crippen molar-refractivity contribution < 1.29 is 0 Å². The van der Waals surface area contributed by atoms with E-state index in [2.05, 4.69) is 18.1 Å². The minimum atomic E-state index is 0.773. The van der Waals surface area contributed by atoms with Gasteiger partial charge in [0.1, 0.15) is 0 Å². The third kappa shape index (κ3) is 4.16. The molecule has 0 aliphatic heterocycles. The molecule has 0 bridgehead atoms. The fourth-order valence-electron chi connectivity index (χ4n) is 1.12. The standard InChI is InChI=1S/C13H13Cl/c1-2-3-4-5-6-7-12-8-10-13(14)11-9-12/h1,6-11H,3-5H2/b7-6+. The molecular formula is C13H13Cl. The molecule has 0 atom stereocenters. The monoisotopic (exact) mass is 204 g/mol. The number of benzene rings is 1. The second-order valence-electron chi connectivity index (χ2n) is 3.05. The summed E-state index contributed by atoms with van der Waals surface area (Å²) in [6.45, 7) is 0. The van der Waals surface area contributed by atoms with Gasteiger partial charge in [-0.05, 0) is 30.5 Å². The second-order valence-corrected chi connectivity index (χ2v) is 3.49. The van der Waals surface area contributed by atoms with Crippen LogP contribution in [0, 0.1) is 12.3 Å². The zero-order valence-corrected chi connectivity index (χ0v) is 8.80. The zero-order chi connectivity index (χ0) is 10.2. The first-order valence-corrected chi connectivity index (χ1v) is 5.06. The van der Waals surface area contributed by atoms with Crippen LogP contribution in [0.1, 0.15) is 24.8 Å². The first kappa shape index (κ1) is 10.9. The van der Waals surface area contributed by atoms with Crippen LogP contribution in [0.25, 0.3) is 6.08 Å². The molecule has 0 spiro atoms. The summed E-state index contributed by atoms with van der Waals surface area (Å²) in [5, 5.41) is 0.773. The Hall–Kier alpha value is -1.19. The number of hydrogen-bond donors (Lipinski definition) is 0. The van der Waals surface area contributed by atoms with E-state index in [1.807, 2.05) is 24.3 Å². The smallest absolute Gasteiger partial charge is 0.0406 e. The number of halogens is 1. The highest BCUT2D eigenvalue weighted by molar-refractivity contribution is 6.30. The predicted molar refractivity (Wildman–Crippen MR) is 63.2 cm³/mol. The molecule has 1 aromatic rings. The molecule has 0 aromatic heterocycles. The summed E-state index contributed by atoms with van der Waals surface area (Å²) >= 11 is 5.77. The van der Waals surface area contributed by atoms with Gasteiger partial charge in [-0.2, -0.15) is 0 Å². The largest absolute Gasteiger partial charge is 0.120 e. The SMILES string of the molecule is C#CCCC/C=C/c1ccc(Cl)cc1. The Morgan fingerprint density at radius 2 is 2.00 bits per heavy atom. The van der Waals surface area contributed by atoms with Crippen LogP contribution in [-0.4, -0.2) is 0 Å². The summed E-state index contributed by atoms with van der Waals surface area (Å²) in [6.07, 6.45) is 12.3. The van der Waals surface area contributed by atoms with Gasteiger partial charge < -0.3 is 0 Å². The molecule has 1 rings (SSSR count). The highest BCUT2D eigenvalue weighted by atomic mass is 35.5. The summed E-state index contributed by atoms with van der Waals surface area (Å²) in [5.74, 6) is 2.62. The van der Waals surface area contributed by atoms with Crippen LogP contribution in [0.5, 0.6) is 0 Å². The van der Waals surface area contributed by atoms with Crippen LogP contribution in [0.2, 0.25) is 5.02 Å². The molecule has 0 fully saturated rings. The van der Waals surface area contributed by atoms with E-state index in [4.69, 9.17) is 18.0 Å². The summed E-state index contributed by atoms with van der Waals surface area (Å²) in [7, 11) is 0. The second kappa shape index (κ2) is 6.29. The molecule has 1 aromatic carbocycles. The van der Waals surface area contributed by atoms with Crippen molar-refractivity contribution in [2.45, 2.75) is 19.3 Å². The van der Waals surface area contributed by atoms with E-state index in [1.54, 1.807) is 0 Å². The summed E-state index contributed by atoms with van der Waals surface area (Å²) in [6, 6.07) is 7.78. The van der Waals surface area contributed by atoms with E-state index in [-0.39, 0.29) is 0 Å². The van der Waals surface area contributed by atoms with E-state index >= 15 is 0 Å². The molecule has 72 valence electrons. The van der Waals surface area contributed by atoms with Gasteiger partial charge in [-0.15, -0.1) is 12.3 Å². The van der Waals surface area contributed by atoms with Crippen molar-refractivity contribution >= 4 is 17.7 Å². The summed E-state index contributed by atoms with van der Waals surface area (Å²) in [4.78, 5) is 0. The fourth-order valence-corrected chi connectivity index (χ4v) is 1.24. The lowest BCUT2D eigenvalue weighted by Crippen LogP contribution is -1.72. The number of allylic oxidation sites excluding steroid dienone is 1. The number of rotatable bonds is 4. The summed E-state index contributed by atoms with van der Waals surface area (Å²) in [5.41, 5.74) is 1.18. The fraction of sp³-hybridized carbons (Fsp3) is 0.231. The van der Waals surface area contributed by atoms with Crippen molar-refractivity contribution in [3.63, 3.8) is 0 Å². The Morgan fingerprint density at radius 3 is 2.64 bits per heavy atom. The van der Waals surface area contributed by atoms with Crippen molar-refractivity contribution in [3.05, 3.63) is 40.9 Å². The molecule has 0 amide bonds. The topological polar surface area (TPSA) is 0 Å². The Balaban J connectivity index is 2.37. The first-order valence-electron chi connectivity index (χ1n) is 4.68. The lowest BCUT2D eigenvalue weighted by atomic mass is 10.1. The molecule has 0 aliphatic rings. The zero-order valence-electron chi connectivity index (χ0n) is 8.04. The van der Waals surface area contributed by atoms with E-state index in [0.717, 1.165) is 24.3 Å². The molecule has 0 saturated heterocycles. The van der Waals surface area contributed by atoms with Gasteiger partial charge in [0.15, 0.2) is 0 Å². The predicted octanol–water partition coefficient (Wildman–Crippen LogP) is 4.16. The van der Waals surface area contributed by atoms with Crippen LogP contribution in [0.3, 0.4) is 0 Å². The maximum absolute atomic E-state index is 5.77. The molecule has 0 nitrogen and oxygen atoms in total. The minimum Gasteiger partial charge on any atom is -0.120 e. The lowest BCUT2D eigenvalue weighted by Gasteiger charge is -1.93. The molecule has 0 N–H and O–H groups in total. The minimum absolute atomic E-state index is 0.773. The van der Waals surface area contributed by atoms with Gasteiger partial charge in [0.05, 0.1) is 0 Å². The molecule has 0 unspecified atom stereocenters. The third-order valence-electron chi connectivity index (χ3n) is 1.87. The number of terminal acetylenes is 1. The molecule has 0 heterocycles. The molecular weight excluding hydrogens is 192 g/mol. The van der Waals surface area contributed by atoms with E-state index in [1.165, 1.54) is 5.56 Å². The van der Waals surface area contributed by atoms with Crippen molar-refractivity contribution in [1.29, 1.82) is 0 Å². The first-order chi connectivity index (χ1) is 6.83. The van der Waals surface area contributed by atoms with Crippen molar-refractivity contribution in [3.8, 4) is 12.3 Å². The maximum Gasteiger partial charge on any atom is 0.0406 e. The lowest BCUT2D eigenvalue weighted by molar-refractivity contribution is 0.888.